The molecule has 192 valence electrons. The van der Waals surface area contributed by atoms with Crippen molar-refractivity contribution < 1.29 is 14.3 Å². The highest BCUT2D eigenvalue weighted by Crippen LogP contribution is 2.17. The number of aromatic nitrogens is 3. The first-order valence-electron chi connectivity index (χ1n) is 11.8. The van der Waals surface area contributed by atoms with Crippen LogP contribution in [0.1, 0.15) is 29.8 Å². The van der Waals surface area contributed by atoms with Gasteiger partial charge in [0.2, 0.25) is 17.8 Å². The van der Waals surface area contributed by atoms with Gasteiger partial charge in [-0.25, -0.2) is 0 Å². The summed E-state index contributed by atoms with van der Waals surface area (Å²) in [4.78, 5) is 25.7. The molecule has 2 aromatic carbocycles. The number of rotatable bonds is 15. The molecule has 0 bridgehead atoms. The van der Waals surface area contributed by atoms with E-state index < -0.39 is 0 Å². The van der Waals surface area contributed by atoms with E-state index in [1.807, 2.05) is 44.2 Å². The zero-order chi connectivity index (χ0) is 25.6. The van der Waals surface area contributed by atoms with Crippen LogP contribution in [0.3, 0.4) is 0 Å². The summed E-state index contributed by atoms with van der Waals surface area (Å²) in [6, 6.07) is 17.2. The SMILES string of the molecule is CC(C)Nc1nc(NCc2ccccc2)nc(Nc2ccc(C(=O)NCOCCOCCN)cc2)n1. The summed E-state index contributed by atoms with van der Waals surface area (Å²) in [7, 11) is 0. The van der Waals surface area contributed by atoms with E-state index in [1.54, 1.807) is 24.3 Å². The monoisotopic (exact) mass is 494 g/mol. The lowest BCUT2D eigenvalue weighted by Gasteiger charge is -2.13. The fourth-order valence-electron chi connectivity index (χ4n) is 3.04. The summed E-state index contributed by atoms with van der Waals surface area (Å²) < 4.78 is 10.5. The minimum absolute atomic E-state index is 0.0973. The van der Waals surface area contributed by atoms with Gasteiger partial charge in [-0.05, 0) is 43.7 Å². The first-order chi connectivity index (χ1) is 17.5. The molecule has 3 rings (SSSR count). The number of amides is 1. The van der Waals surface area contributed by atoms with Crippen LogP contribution < -0.4 is 27.0 Å². The van der Waals surface area contributed by atoms with Crippen LogP contribution in [0.2, 0.25) is 0 Å². The number of ether oxygens (including phenoxy) is 2. The molecule has 0 fully saturated rings. The number of benzene rings is 2. The first-order valence-corrected chi connectivity index (χ1v) is 11.8. The van der Waals surface area contributed by atoms with Crippen LogP contribution in [0.5, 0.6) is 0 Å². The summed E-state index contributed by atoms with van der Waals surface area (Å²) in [5.41, 5.74) is 7.70. The lowest BCUT2D eigenvalue weighted by Crippen LogP contribution is -2.27. The summed E-state index contributed by atoms with van der Waals surface area (Å²) in [6.45, 7) is 6.48. The topological polar surface area (TPSA) is 148 Å². The van der Waals surface area contributed by atoms with Crippen LogP contribution in [0.4, 0.5) is 23.5 Å². The van der Waals surface area contributed by atoms with E-state index in [2.05, 4.69) is 36.2 Å². The molecular formula is C25H34N8O3. The van der Waals surface area contributed by atoms with Crippen molar-refractivity contribution in [2.24, 2.45) is 5.73 Å². The Bertz CT molecular complexity index is 1060. The highest BCUT2D eigenvalue weighted by Gasteiger charge is 2.10. The molecule has 0 radical (unpaired) electrons. The Labute approximate surface area is 211 Å². The molecule has 0 aliphatic rings. The highest BCUT2D eigenvalue weighted by atomic mass is 16.5. The van der Waals surface area contributed by atoms with E-state index in [9.17, 15) is 4.79 Å². The van der Waals surface area contributed by atoms with Crippen LogP contribution >= 0.6 is 0 Å². The average molecular weight is 495 g/mol. The second kappa shape index (κ2) is 14.6. The van der Waals surface area contributed by atoms with E-state index in [0.717, 1.165) is 11.3 Å². The molecule has 36 heavy (non-hydrogen) atoms. The molecule has 6 N–H and O–H groups in total. The Balaban J connectivity index is 1.57. The van der Waals surface area contributed by atoms with Crippen molar-refractivity contribution in [2.45, 2.75) is 26.4 Å². The van der Waals surface area contributed by atoms with Crippen LogP contribution in [0.25, 0.3) is 0 Å². The van der Waals surface area contributed by atoms with Crippen molar-refractivity contribution in [3.8, 4) is 0 Å². The molecule has 0 saturated carbocycles. The van der Waals surface area contributed by atoms with E-state index in [4.69, 9.17) is 15.2 Å². The largest absolute Gasteiger partial charge is 0.378 e. The second-order valence-corrected chi connectivity index (χ2v) is 8.11. The summed E-state index contributed by atoms with van der Waals surface area (Å²) in [6.07, 6.45) is 0. The maximum Gasteiger partial charge on any atom is 0.253 e. The van der Waals surface area contributed by atoms with Crippen molar-refractivity contribution in [3.63, 3.8) is 0 Å². The van der Waals surface area contributed by atoms with Crippen molar-refractivity contribution >= 4 is 29.4 Å². The Morgan fingerprint density at radius 2 is 1.58 bits per heavy atom. The Morgan fingerprint density at radius 3 is 2.31 bits per heavy atom. The zero-order valence-electron chi connectivity index (χ0n) is 20.7. The Hall–Kier alpha value is -3.80. The predicted octanol–water partition coefficient (Wildman–Crippen LogP) is 2.73. The van der Waals surface area contributed by atoms with Gasteiger partial charge in [0.25, 0.3) is 5.91 Å². The highest BCUT2D eigenvalue weighted by molar-refractivity contribution is 5.94. The minimum atomic E-state index is -0.236. The molecule has 1 amide bonds. The predicted molar refractivity (Wildman–Crippen MR) is 140 cm³/mol. The molecule has 1 aromatic heterocycles. The number of anilines is 4. The second-order valence-electron chi connectivity index (χ2n) is 8.11. The van der Waals surface area contributed by atoms with Gasteiger partial charge in [-0.2, -0.15) is 15.0 Å². The molecule has 11 heteroatoms. The molecule has 0 aliphatic carbocycles. The molecule has 3 aromatic rings. The van der Waals surface area contributed by atoms with Crippen LogP contribution in [0, 0.1) is 0 Å². The van der Waals surface area contributed by atoms with Crippen molar-refractivity contribution in [2.75, 3.05) is 49.0 Å². The van der Waals surface area contributed by atoms with Crippen LogP contribution in [-0.4, -0.2) is 60.0 Å². The normalized spacial score (nSPS) is 10.8. The van der Waals surface area contributed by atoms with Gasteiger partial charge in [-0.3, -0.25) is 4.79 Å². The summed E-state index contributed by atoms with van der Waals surface area (Å²) >= 11 is 0. The third kappa shape index (κ3) is 9.45. The lowest BCUT2D eigenvalue weighted by molar-refractivity contribution is 0.0410. The zero-order valence-corrected chi connectivity index (χ0v) is 20.7. The quantitative estimate of drug-likeness (QED) is 0.158. The number of carbonyl (C=O) groups excluding carboxylic acids is 1. The summed E-state index contributed by atoms with van der Waals surface area (Å²) in [5, 5.41) is 12.3. The maximum atomic E-state index is 12.3. The van der Waals surface area contributed by atoms with Gasteiger partial charge in [0, 0.05) is 30.4 Å². The van der Waals surface area contributed by atoms with Gasteiger partial charge < -0.3 is 36.5 Å². The molecule has 0 spiro atoms. The van der Waals surface area contributed by atoms with Gasteiger partial charge in [0.15, 0.2) is 0 Å². The van der Waals surface area contributed by atoms with Crippen molar-refractivity contribution in [1.29, 1.82) is 0 Å². The van der Waals surface area contributed by atoms with Crippen LogP contribution in [0.15, 0.2) is 54.6 Å². The molecule has 0 saturated heterocycles. The van der Waals surface area contributed by atoms with Gasteiger partial charge in [-0.15, -0.1) is 0 Å². The van der Waals surface area contributed by atoms with E-state index in [-0.39, 0.29) is 18.7 Å². The number of nitrogens with one attached hydrogen (secondary N) is 4. The molecule has 1 heterocycles. The molecule has 0 aliphatic heterocycles. The Kier molecular flexibility index (Phi) is 10.8. The van der Waals surface area contributed by atoms with E-state index >= 15 is 0 Å². The molecular weight excluding hydrogens is 460 g/mol. The lowest BCUT2D eigenvalue weighted by atomic mass is 10.2. The standard InChI is InChI=1S/C25H34N8O3/c1-18(2)29-24-31-23(27-16-19-6-4-3-5-7-19)32-25(33-24)30-21-10-8-20(9-11-21)22(34)28-17-36-15-14-35-13-12-26/h3-11,18H,12-17,26H2,1-2H3,(H,28,34)(H3,27,29,30,31,32,33). The van der Waals surface area contributed by atoms with Crippen molar-refractivity contribution in [1.82, 2.24) is 20.3 Å². The van der Waals surface area contributed by atoms with E-state index in [1.165, 1.54) is 0 Å². The number of nitrogens with two attached hydrogens (primary N) is 1. The third-order valence-corrected chi connectivity index (χ3v) is 4.72. The van der Waals surface area contributed by atoms with Gasteiger partial charge >= 0.3 is 0 Å². The van der Waals surface area contributed by atoms with Gasteiger partial charge in [-0.1, -0.05) is 30.3 Å². The van der Waals surface area contributed by atoms with Gasteiger partial charge in [0.1, 0.15) is 6.73 Å². The first kappa shape index (κ1) is 26.8. The summed E-state index contributed by atoms with van der Waals surface area (Å²) in [5.74, 6) is 1.05. The van der Waals surface area contributed by atoms with Crippen molar-refractivity contribution in [3.05, 3.63) is 65.7 Å². The molecule has 11 nitrogen and oxygen atoms in total. The fraction of sp³-hybridized carbons (Fsp3) is 0.360. The van der Waals surface area contributed by atoms with Gasteiger partial charge in [0.05, 0.1) is 19.8 Å². The van der Waals surface area contributed by atoms with Crippen LogP contribution in [-0.2, 0) is 16.0 Å². The maximum absolute atomic E-state index is 12.3. The number of nitrogens with zero attached hydrogens (tertiary/aromatic N) is 3. The smallest absolute Gasteiger partial charge is 0.253 e. The number of carbonyl (C=O) groups is 1. The molecule has 0 unspecified atom stereocenters. The fourth-order valence-corrected chi connectivity index (χ4v) is 3.04. The minimum Gasteiger partial charge on any atom is -0.378 e. The average Bonchev–Trinajstić information content (AvgIpc) is 2.87. The number of hydrogen-bond acceptors (Lipinski definition) is 10. The third-order valence-electron chi connectivity index (χ3n) is 4.72. The Morgan fingerprint density at radius 1 is 0.889 bits per heavy atom. The number of hydrogen-bond donors (Lipinski definition) is 5. The molecule has 0 atom stereocenters. The van der Waals surface area contributed by atoms with E-state index in [0.29, 0.717) is 56.3 Å².